The maximum Gasteiger partial charge on any atom is 0.319 e. The molecule has 2 saturated heterocycles. The van der Waals surface area contributed by atoms with Gasteiger partial charge in [0.1, 0.15) is 18.2 Å². The number of nitrogens with zero attached hydrogens (tertiary/aromatic N) is 3. The van der Waals surface area contributed by atoms with Crippen LogP contribution in [0.4, 0.5) is 15.9 Å². The van der Waals surface area contributed by atoms with Crippen LogP contribution in [0.15, 0.2) is 30.3 Å². The standard InChI is InChI=1S/C24H24Cl2FN5O3/c1-34-14-5-7-17-15(10-14)22(29-18-8-6-16(25)20(26)21(18)27)31-24(30-17)35-12-13-11-32-9-3-2-4-19(32)23(33)28-13/h5-8,10,13,19H,2-4,9,11-12H2,1H3,(H,28,33)(H,29,30,31)/t13-,19-/m0/s1. The van der Waals surface area contributed by atoms with Crippen LogP contribution >= 0.6 is 23.2 Å². The van der Waals surface area contributed by atoms with Gasteiger partial charge in [-0.25, -0.2) is 4.39 Å². The smallest absolute Gasteiger partial charge is 0.319 e. The van der Waals surface area contributed by atoms with Gasteiger partial charge in [-0.1, -0.05) is 29.6 Å². The monoisotopic (exact) mass is 519 g/mol. The van der Waals surface area contributed by atoms with Crippen LogP contribution < -0.4 is 20.1 Å². The number of halogens is 3. The van der Waals surface area contributed by atoms with Crippen molar-refractivity contribution in [2.24, 2.45) is 0 Å². The number of fused-ring (bicyclic) bond motifs is 2. The molecule has 2 aliphatic rings. The fourth-order valence-electron chi connectivity index (χ4n) is 4.53. The first-order valence-electron chi connectivity index (χ1n) is 11.4. The van der Waals surface area contributed by atoms with Gasteiger partial charge in [0.25, 0.3) is 0 Å². The van der Waals surface area contributed by atoms with Crippen molar-refractivity contribution in [1.29, 1.82) is 0 Å². The summed E-state index contributed by atoms with van der Waals surface area (Å²) in [6.45, 7) is 1.82. The molecule has 2 fully saturated rings. The predicted octanol–water partition coefficient (Wildman–Crippen LogP) is 4.56. The molecule has 1 aromatic heterocycles. The average Bonchev–Trinajstić information content (AvgIpc) is 2.87. The Kier molecular flexibility index (Phi) is 6.82. The lowest BCUT2D eigenvalue weighted by Crippen LogP contribution is -2.62. The molecular formula is C24H24Cl2FN5O3. The van der Waals surface area contributed by atoms with E-state index in [1.807, 2.05) is 0 Å². The quantitative estimate of drug-likeness (QED) is 0.461. The van der Waals surface area contributed by atoms with Crippen LogP contribution in [-0.2, 0) is 4.79 Å². The Labute approximate surface area is 211 Å². The molecule has 2 atom stereocenters. The van der Waals surface area contributed by atoms with Crippen LogP contribution in [0.2, 0.25) is 10.0 Å². The minimum Gasteiger partial charge on any atom is -0.497 e. The second-order valence-electron chi connectivity index (χ2n) is 8.61. The zero-order chi connectivity index (χ0) is 24.5. The summed E-state index contributed by atoms with van der Waals surface area (Å²) in [6.07, 6.45) is 3.05. The molecule has 0 saturated carbocycles. The molecule has 3 heterocycles. The van der Waals surface area contributed by atoms with Crippen LogP contribution in [0.25, 0.3) is 10.9 Å². The number of piperazine rings is 1. The van der Waals surface area contributed by atoms with Crippen molar-refractivity contribution in [2.45, 2.75) is 31.3 Å². The number of methoxy groups -OCH3 is 1. The Morgan fingerprint density at radius 3 is 2.91 bits per heavy atom. The van der Waals surface area contributed by atoms with Crippen molar-refractivity contribution >= 4 is 51.5 Å². The number of carbonyl (C=O) groups is 1. The molecule has 2 N–H and O–H groups in total. The highest BCUT2D eigenvalue weighted by molar-refractivity contribution is 6.42. The Hall–Kier alpha value is -2.88. The lowest BCUT2D eigenvalue weighted by atomic mass is 9.98. The van der Waals surface area contributed by atoms with Gasteiger partial charge in [0.2, 0.25) is 5.91 Å². The molecule has 2 aliphatic heterocycles. The van der Waals surface area contributed by atoms with Gasteiger partial charge in [0, 0.05) is 11.9 Å². The number of anilines is 2. The van der Waals surface area contributed by atoms with E-state index in [-0.39, 0.29) is 46.3 Å². The first-order valence-corrected chi connectivity index (χ1v) is 12.1. The first kappa shape index (κ1) is 23.8. The van der Waals surface area contributed by atoms with Crippen LogP contribution in [0.5, 0.6) is 11.8 Å². The van der Waals surface area contributed by atoms with Gasteiger partial charge in [-0.05, 0) is 49.7 Å². The van der Waals surface area contributed by atoms with Gasteiger partial charge in [-0.3, -0.25) is 9.69 Å². The van der Waals surface area contributed by atoms with Gasteiger partial charge in [-0.2, -0.15) is 9.97 Å². The zero-order valence-corrected chi connectivity index (χ0v) is 20.5. The summed E-state index contributed by atoms with van der Waals surface area (Å²) in [4.78, 5) is 23.7. The van der Waals surface area contributed by atoms with E-state index in [2.05, 4.69) is 25.5 Å². The molecule has 184 valence electrons. The molecule has 0 unspecified atom stereocenters. The number of rotatable bonds is 6. The van der Waals surface area contributed by atoms with Gasteiger partial charge >= 0.3 is 6.01 Å². The number of benzene rings is 2. The van der Waals surface area contributed by atoms with E-state index in [0.717, 1.165) is 25.8 Å². The molecule has 11 heteroatoms. The molecule has 0 aliphatic carbocycles. The summed E-state index contributed by atoms with van der Waals surface area (Å²) in [7, 11) is 1.55. The second kappa shape index (κ2) is 10.0. The molecule has 1 amide bonds. The summed E-state index contributed by atoms with van der Waals surface area (Å²) in [5, 5.41) is 6.54. The highest BCUT2D eigenvalue weighted by Crippen LogP contribution is 2.34. The van der Waals surface area contributed by atoms with Crippen LogP contribution in [-0.4, -0.2) is 59.7 Å². The van der Waals surface area contributed by atoms with E-state index in [1.54, 1.807) is 25.3 Å². The Balaban J connectivity index is 1.41. The molecule has 5 rings (SSSR count). The summed E-state index contributed by atoms with van der Waals surface area (Å²) < 4.78 is 26.0. The molecular weight excluding hydrogens is 496 g/mol. The SMILES string of the molecule is COc1ccc2nc(OC[C@@H]3CN4CCCC[C@H]4C(=O)N3)nc(Nc3ccc(Cl)c(Cl)c3F)c2c1. The van der Waals surface area contributed by atoms with Crippen molar-refractivity contribution in [3.63, 3.8) is 0 Å². The maximum atomic E-state index is 14.7. The molecule has 8 nitrogen and oxygen atoms in total. The van der Waals surface area contributed by atoms with Crippen LogP contribution in [0.1, 0.15) is 19.3 Å². The molecule has 35 heavy (non-hydrogen) atoms. The summed E-state index contributed by atoms with van der Waals surface area (Å²) in [6, 6.07) is 8.11. The summed E-state index contributed by atoms with van der Waals surface area (Å²) >= 11 is 11.9. The van der Waals surface area contributed by atoms with Gasteiger partial charge in [-0.15, -0.1) is 0 Å². The molecule has 0 bridgehead atoms. The molecule has 3 aromatic rings. The van der Waals surface area contributed by atoms with Gasteiger partial charge < -0.3 is 20.1 Å². The summed E-state index contributed by atoms with van der Waals surface area (Å²) in [5.74, 6) is 0.240. The largest absolute Gasteiger partial charge is 0.497 e. The first-order chi connectivity index (χ1) is 16.9. The van der Waals surface area contributed by atoms with Crippen molar-refractivity contribution in [3.05, 3.63) is 46.2 Å². The number of ether oxygens (including phenoxy) is 2. The van der Waals surface area contributed by atoms with Crippen LogP contribution in [0, 0.1) is 5.82 Å². The minimum absolute atomic E-state index is 0.0357. The number of piperidine rings is 1. The van der Waals surface area contributed by atoms with E-state index < -0.39 is 5.82 Å². The number of nitrogens with one attached hydrogen (secondary N) is 2. The maximum absolute atomic E-state index is 14.7. The molecule has 2 aromatic carbocycles. The van der Waals surface area contributed by atoms with E-state index in [0.29, 0.717) is 29.0 Å². The topological polar surface area (TPSA) is 88.6 Å². The van der Waals surface area contributed by atoms with Crippen molar-refractivity contribution in [3.8, 4) is 11.8 Å². The number of carbonyl (C=O) groups excluding carboxylic acids is 1. The number of aromatic nitrogens is 2. The Morgan fingerprint density at radius 2 is 2.09 bits per heavy atom. The Bertz CT molecular complexity index is 1280. The number of hydrogen-bond acceptors (Lipinski definition) is 7. The van der Waals surface area contributed by atoms with Gasteiger partial charge in [0.05, 0.1) is 40.4 Å². The van der Waals surface area contributed by atoms with Gasteiger partial charge in [0.15, 0.2) is 5.82 Å². The third-order valence-electron chi connectivity index (χ3n) is 6.30. The van der Waals surface area contributed by atoms with E-state index in [1.165, 1.54) is 12.1 Å². The third kappa shape index (κ3) is 4.94. The number of hydrogen-bond donors (Lipinski definition) is 2. The van der Waals surface area contributed by atoms with E-state index in [9.17, 15) is 9.18 Å². The fourth-order valence-corrected chi connectivity index (χ4v) is 4.84. The fraction of sp³-hybridized carbons (Fsp3) is 0.375. The van der Waals surface area contributed by atoms with E-state index >= 15 is 0 Å². The average molecular weight is 520 g/mol. The number of amides is 1. The molecule has 0 spiro atoms. The second-order valence-corrected chi connectivity index (χ2v) is 9.39. The summed E-state index contributed by atoms with van der Waals surface area (Å²) in [5.41, 5.74) is 0.673. The minimum atomic E-state index is -0.697. The normalized spacial score (nSPS) is 20.3. The van der Waals surface area contributed by atoms with Crippen LogP contribution in [0.3, 0.4) is 0 Å². The van der Waals surface area contributed by atoms with Crippen molar-refractivity contribution < 1.29 is 18.7 Å². The van der Waals surface area contributed by atoms with Crippen molar-refractivity contribution in [1.82, 2.24) is 20.2 Å². The highest BCUT2D eigenvalue weighted by Gasteiger charge is 2.36. The zero-order valence-electron chi connectivity index (χ0n) is 19.0. The lowest BCUT2D eigenvalue weighted by molar-refractivity contribution is -0.132. The third-order valence-corrected chi connectivity index (χ3v) is 7.08. The lowest BCUT2D eigenvalue weighted by Gasteiger charge is -2.41. The highest BCUT2D eigenvalue weighted by atomic mass is 35.5. The van der Waals surface area contributed by atoms with E-state index in [4.69, 9.17) is 32.7 Å². The van der Waals surface area contributed by atoms with Crippen molar-refractivity contribution in [2.75, 3.05) is 32.1 Å². The Morgan fingerprint density at radius 1 is 1.23 bits per heavy atom. The predicted molar refractivity (Wildman–Crippen MR) is 132 cm³/mol. The molecule has 0 radical (unpaired) electrons.